The van der Waals surface area contributed by atoms with Crippen molar-refractivity contribution in [3.05, 3.63) is 52.1 Å². The van der Waals surface area contributed by atoms with E-state index in [1.807, 2.05) is 6.92 Å². The number of benzene rings is 1. The van der Waals surface area contributed by atoms with E-state index in [0.29, 0.717) is 5.88 Å². The molecular formula is C12H8BrF2NO. The van der Waals surface area contributed by atoms with Crippen molar-refractivity contribution in [1.29, 1.82) is 0 Å². The van der Waals surface area contributed by atoms with E-state index in [0.717, 1.165) is 22.3 Å². The second-order valence-electron chi connectivity index (χ2n) is 3.39. The average Bonchev–Trinajstić information content (AvgIpc) is 2.29. The van der Waals surface area contributed by atoms with Gasteiger partial charge >= 0.3 is 0 Å². The van der Waals surface area contributed by atoms with Gasteiger partial charge in [0, 0.05) is 16.6 Å². The fourth-order valence-corrected chi connectivity index (χ4v) is 1.46. The van der Waals surface area contributed by atoms with E-state index in [1.165, 1.54) is 6.07 Å². The number of rotatable bonds is 2. The third-order valence-corrected chi connectivity index (χ3v) is 2.95. The molecule has 0 spiro atoms. The number of halogens is 3. The molecule has 0 bridgehead atoms. The van der Waals surface area contributed by atoms with E-state index < -0.39 is 11.6 Å². The molecule has 0 amide bonds. The standard InChI is InChI=1S/C12H8BrF2NO/c1-7-9(13)3-5-12(16-7)17-8-2-4-10(14)11(15)6-8/h2-6H,1H3. The molecule has 0 aliphatic carbocycles. The van der Waals surface area contributed by atoms with Gasteiger partial charge in [0.05, 0.1) is 5.69 Å². The van der Waals surface area contributed by atoms with Crippen LogP contribution in [-0.4, -0.2) is 4.98 Å². The lowest BCUT2D eigenvalue weighted by Gasteiger charge is -2.06. The van der Waals surface area contributed by atoms with E-state index in [-0.39, 0.29) is 5.75 Å². The predicted octanol–water partition coefficient (Wildman–Crippen LogP) is 4.22. The van der Waals surface area contributed by atoms with Gasteiger partial charge in [-0.15, -0.1) is 0 Å². The summed E-state index contributed by atoms with van der Waals surface area (Å²) in [5, 5.41) is 0. The van der Waals surface area contributed by atoms with Gasteiger partial charge in [-0.25, -0.2) is 13.8 Å². The Kier molecular flexibility index (Phi) is 3.38. The normalized spacial score (nSPS) is 10.4. The van der Waals surface area contributed by atoms with Crippen LogP contribution in [0.4, 0.5) is 8.78 Å². The minimum Gasteiger partial charge on any atom is -0.439 e. The number of hydrogen-bond acceptors (Lipinski definition) is 2. The van der Waals surface area contributed by atoms with Crippen molar-refractivity contribution in [2.45, 2.75) is 6.92 Å². The number of pyridine rings is 1. The average molecular weight is 300 g/mol. The highest BCUT2D eigenvalue weighted by atomic mass is 79.9. The molecule has 1 aromatic carbocycles. The Labute approximate surface area is 105 Å². The van der Waals surface area contributed by atoms with Gasteiger partial charge in [-0.3, -0.25) is 0 Å². The van der Waals surface area contributed by atoms with Crippen LogP contribution in [0.5, 0.6) is 11.6 Å². The number of nitrogens with zero attached hydrogens (tertiary/aromatic N) is 1. The first-order chi connectivity index (χ1) is 8.06. The van der Waals surface area contributed by atoms with Crippen LogP contribution in [0.15, 0.2) is 34.8 Å². The summed E-state index contributed by atoms with van der Waals surface area (Å²) in [6, 6.07) is 6.75. The smallest absolute Gasteiger partial charge is 0.219 e. The van der Waals surface area contributed by atoms with Gasteiger partial charge in [0.2, 0.25) is 5.88 Å². The Morgan fingerprint density at radius 3 is 2.53 bits per heavy atom. The number of aryl methyl sites for hydroxylation is 1. The lowest BCUT2D eigenvalue weighted by molar-refractivity contribution is 0.446. The summed E-state index contributed by atoms with van der Waals surface area (Å²) in [5.41, 5.74) is 0.755. The van der Waals surface area contributed by atoms with Gasteiger partial charge in [0.25, 0.3) is 0 Å². The zero-order valence-electron chi connectivity index (χ0n) is 8.88. The maximum atomic E-state index is 12.9. The highest BCUT2D eigenvalue weighted by Gasteiger charge is 2.05. The van der Waals surface area contributed by atoms with Crippen LogP contribution in [0.2, 0.25) is 0 Å². The summed E-state index contributed by atoms with van der Waals surface area (Å²) in [5.74, 6) is -1.32. The first kappa shape index (κ1) is 12.0. The van der Waals surface area contributed by atoms with Crippen molar-refractivity contribution < 1.29 is 13.5 Å². The molecule has 2 nitrogen and oxygen atoms in total. The largest absolute Gasteiger partial charge is 0.439 e. The minimum atomic E-state index is -0.948. The zero-order valence-corrected chi connectivity index (χ0v) is 10.5. The molecule has 2 aromatic rings. The summed E-state index contributed by atoms with van der Waals surface area (Å²) in [4.78, 5) is 4.13. The molecule has 0 unspecified atom stereocenters. The molecule has 0 N–H and O–H groups in total. The first-order valence-electron chi connectivity index (χ1n) is 4.82. The molecule has 0 saturated carbocycles. The first-order valence-corrected chi connectivity index (χ1v) is 5.61. The maximum Gasteiger partial charge on any atom is 0.219 e. The Morgan fingerprint density at radius 2 is 1.88 bits per heavy atom. The van der Waals surface area contributed by atoms with Crippen molar-refractivity contribution in [3.63, 3.8) is 0 Å². The molecule has 0 atom stereocenters. The van der Waals surface area contributed by atoms with Crippen LogP contribution in [0, 0.1) is 18.6 Å². The zero-order chi connectivity index (χ0) is 12.4. The van der Waals surface area contributed by atoms with Crippen LogP contribution >= 0.6 is 15.9 Å². The Morgan fingerprint density at radius 1 is 1.12 bits per heavy atom. The Bertz CT molecular complexity index is 511. The van der Waals surface area contributed by atoms with Crippen LogP contribution in [0.3, 0.4) is 0 Å². The summed E-state index contributed by atoms with van der Waals surface area (Å²) >= 11 is 3.31. The van der Waals surface area contributed by atoms with E-state index in [2.05, 4.69) is 20.9 Å². The van der Waals surface area contributed by atoms with Crippen molar-refractivity contribution in [2.24, 2.45) is 0 Å². The van der Waals surface area contributed by atoms with Crippen molar-refractivity contribution in [3.8, 4) is 11.6 Å². The lowest BCUT2D eigenvalue weighted by atomic mass is 10.3. The van der Waals surface area contributed by atoms with Crippen LogP contribution in [0.25, 0.3) is 0 Å². The van der Waals surface area contributed by atoms with Gasteiger partial charge in [-0.2, -0.15) is 0 Å². The van der Waals surface area contributed by atoms with E-state index >= 15 is 0 Å². The maximum absolute atomic E-state index is 12.9. The van der Waals surface area contributed by atoms with E-state index in [1.54, 1.807) is 12.1 Å². The Balaban J connectivity index is 2.25. The number of ether oxygens (including phenoxy) is 1. The monoisotopic (exact) mass is 299 g/mol. The summed E-state index contributed by atoms with van der Waals surface area (Å²) in [7, 11) is 0. The molecule has 17 heavy (non-hydrogen) atoms. The molecule has 2 rings (SSSR count). The molecule has 0 saturated heterocycles. The predicted molar refractivity (Wildman–Crippen MR) is 63.1 cm³/mol. The molecule has 0 aliphatic rings. The second kappa shape index (κ2) is 4.79. The fraction of sp³-hybridized carbons (Fsp3) is 0.0833. The fourth-order valence-electron chi connectivity index (χ4n) is 1.24. The quantitative estimate of drug-likeness (QED) is 0.828. The summed E-state index contributed by atoms with van der Waals surface area (Å²) in [6.07, 6.45) is 0. The van der Waals surface area contributed by atoms with Crippen molar-refractivity contribution in [2.75, 3.05) is 0 Å². The van der Waals surface area contributed by atoms with E-state index in [9.17, 15) is 8.78 Å². The van der Waals surface area contributed by atoms with Gasteiger partial charge in [0.15, 0.2) is 11.6 Å². The highest BCUT2D eigenvalue weighted by Crippen LogP contribution is 2.24. The minimum absolute atomic E-state index is 0.207. The molecular weight excluding hydrogens is 292 g/mol. The van der Waals surface area contributed by atoms with Gasteiger partial charge in [-0.05, 0) is 41.1 Å². The van der Waals surface area contributed by atoms with Gasteiger partial charge in [-0.1, -0.05) is 0 Å². The summed E-state index contributed by atoms with van der Waals surface area (Å²) < 4.78 is 31.8. The number of aromatic nitrogens is 1. The second-order valence-corrected chi connectivity index (χ2v) is 4.25. The van der Waals surface area contributed by atoms with Crippen LogP contribution in [0.1, 0.15) is 5.69 Å². The van der Waals surface area contributed by atoms with E-state index in [4.69, 9.17) is 4.74 Å². The lowest BCUT2D eigenvalue weighted by Crippen LogP contribution is -1.92. The molecule has 1 heterocycles. The molecule has 88 valence electrons. The van der Waals surface area contributed by atoms with Crippen molar-refractivity contribution >= 4 is 15.9 Å². The summed E-state index contributed by atoms with van der Waals surface area (Å²) in [6.45, 7) is 1.81. The van der Waals surface area contributed by atoms with Gasteiger partial charge in [0.1, 0.15) is 5.75 Å². The molecule has 5 heteroatoms. The molecule has 0 fully saturated rings. The molecule has 0 radical (unpaired) electrons. The number of hydrogen-bond donors (Lipinski definition) is 0. The van der Waals surface area contributed by atoms with Gasteiger partial charge < -0.3 is 4.74 Å². The third-order valence-electron chi connectivity index (χ3n) is 2.11. The van der Waals surface area contributed by atoms with Crippen molar-refractivity contribution in [1.82, 2.24) is 4.98 Å². The Hall–Kier alpha value is -1.49. The highest BCUT2D eigenvalue weighted by molar-refractivity contribution is 9.10. The topological polar surface area (TPSA) is 22.1 Å². The third kappa shape index (κ3) is 2.79. The molecule has 0 aliphatic heterocycles. The van der Waals surface area contributed by atoms with Crippen LogP contribution < -0.4 is 4.74 Å². The SMILES string of the molecule is Cc1nc(Oc2ccc(F)c(F)c2)ccc1Br. The molecule has 1 aromatic heterocycles. The van der Waals surface area contributed by atoms with Crippen LogP contribution in [-0.2, 0) is 0 Å².